The second kappa shape index (κ2) is 3.46. The Bertz CT molecular complexity index is 465. The van der Waals surface area contributed by atoms with Crippen molar-refractivity contribution < 1.29 is 4.52 Å². The molecule has 0 fully saturated rings. The van der Waals surface area contributed by atoms with Gasteiger partial charge < -0.3 is 10.3 Å². The summed E-state index contributed by atoms with van der Waals surface area (Å²) in [4.78, 5) is 0. The highest BCUT2D eigenvalue weighted by atomic mass is 79.9. The summed E-state index contributed by atoms with van der Waals surface area (Å²) >= 11 is 3.45. The van der Waals surface area contributed by atoms with Crippen molar-refractivity contribution in [3.63, 3.8) is 0 Å². The predicted octanol–water partition coefficient (Wildman–Crippen LogP) is 2.99. The zero-order valence-electron chi connectivity index (χ0n) is 7.62. The lowest BCUT2D eigenvalue weighted by Gasteiger charge is -2.01. The first kappa shape index (κ1) is 9.27. The number of nitrogens with two attached hydrogens (primary N) is 1. The minimum Gasteiger partial charge on any atom is -0.394 e. The van der Waals surface area contributed by atoms with E-state index < -0.39 is 0 Å². The Hall–Kier alpha value is -1.29. The molecule has 1 heterocycles. The predicted molar refractivity (Wildman–Crippen MR) is 58.8 cm³/mol. The highest BCUT2D eigenvalue weighted by Crippen LogP contribution is 2.29. The molecule has 0 amide bonds. The number of hydrogen-bond acceptors (Lipinski definition) is 3. The molecule has 0 saturated heterocycles. The van der Waals surface area contributed by atoms with E-state index in [0.717, 1.165) is 10.0 Å². The van der Waals surface area contributed by atoms with Crippen LogP contribution in [0.2, 0.25) is 0 Å². The maximum atomic E-state index is 5.69. The van der Waals surface area contributed by atoms with Crippen molar-refractivity contribution in [2.75, 3.05) is 5.73 Å². The highest BCUT2D eigenvalue weighted by molar-refractivity contribution is 9.10. The van der Waals surface area contributed by atoms with Crippen molar-refractivity contribution in [3.8, 4) is 11.3 Å². The molecule has 3 nitrogen and oxygen atoms in total. The summed E-state index contributed by atoms with van der Waals surface area (Å²) in [5, 5.41) is 3.63. The lowest BCUT2D eigenvalue weighted by atomic mass is 10.1. The van der Waals surface area contributed by atoms with Gasteiger partial charge in [0.15, 0.2) is 5.76 Å². The summed E-state index contributed by atoms with van der Waals surface area (Å²) in [7, 11) is 0. The largest absolute Gasteiger partial charge is 0.394 e. The molecule has 0 radical (unpaired) electrons. The van der Waals surface area contributed by atoms with Crippen LogP contribution in [0.4, 0.5) is 5.69 Å². The molecule has 2 N–H and O–H groups in total. The van der Waals surface area contributed by atoms with E-state index in [4.69, 9.17) is 10.3 Å². The summed E-state index contributed by atoms with van der Waals surface area (Å²) in [6.07, 6.45) is 1.50. The van der Waals surface area contributed by atoms with Gasteiger partial charge in [-0.15, -0.1) is 0 Å². The van der Waals surface area contributed by atoms with E-state index in [-0.39, 0.29) is 0 Å². The fraction of sp³-hybridized carbons (Fsp3) is 0.100. The van der Waals surface area contributed by atoms with Gasteiger partial charge in [-0.3, -0.25) is 0 Å². The molecule has 0 atom stereocenters. The van der Waals surface area contributed by atoms with Crippen molar-refractivity contribution in [1.82, 2.24) is 5.16 Å². The van der Waals surface area contributed by atoms with Crippen LogP contribution in [-0.2, 0) is 0 Å². The van der Waals surface area contributed by atoms with Gasteiger partial charge in [0, 0.05) is 10.0 Å². The summed E-state index contributed by atoms with van der Waals surface area (Å²) in [6.45, 7) is 2.03. The fourth-order valence-corrected chi connectivity index (χ4v) is 1.58. The Morgan fingerprint density at radius 3 is 2.79 bits per heavy atom. The summed E-state index contributed by atoms with van der Waals surface area (Å²) in [6, 6.07) is 5.92. The second-order valence-electron chi connectivity index (χ2n) is 3.07. The fourth-order valence-electron chi connectivity index (χ4n) is 1.20. The number of aromatic nitrogens is 1. The van der Waals surface area contributed by atoms with E-state index >= 15 is 0 Å². The molecule has 4 heteroatoms. The summed E-state index contributed by atoms with van der Waals surface area (Å²) in [5.41, 5.74) is 8.35. The van der Waals surface area contributed by atoms with Crippen molar-refractivity contribution in [3.05, 3.63) is 34.4 Å². The maximum absolute atomic E-state index is 5.69. The van der Waals surface area contributed by atoms with Crippen molar-refractivity contribution in [2.45, 2.75) is 6.92 Å². The molecule has 72 valence electrons. The van der Waals surface area contributed by atoms with E-state index in [2.05, 4.69) is 21.1 Å². The molecule has 0 aliphatic rings. The molecule has 14 heavy (non-hydrogen) atoms. The Balaban J connectivity index is 2.53. The Morgan fingerprint density at radius 1 is 1.43 bits per heavy atom. The molecular formula is C10H9BrN2O. The van der Waals surface area contributed by atoms with Gasteiger partial charge in [-0.2, -0.15) is 0 Å². The standard InChI is InChI=1S/C10H9BrN2O/c1-6-2-3-7(4-8(6)11)10-9(12)5-13-14-10/h2-5H,12H2,1H3. The Kier molecular flexibility index (Phi) is 2.29. The SMILES string of the molecule is Cc1ccc(-c2oncc2N)cc1Br. The van der Waals surface area contributed by atoms with Gasteiger partial charge in [0.1, 0.15) is 5.69 Å². The maximum Gasteiger partial charge on any atom is 0.189 e. The van der Waals surface area contributed by atoms with Crippen LogP contribution >= 0.6 is 15.9 Å². The van der Waals surface area contributed by atoms with Crippen molar-refractivity contribution >= 4 is 21.6 Å². The summed E-state index contributed by atoms with van der Waals surface area (Å²) < 4.78 is 6.08. The average Bonchev–Trinajstić information content (AvgIpc) is 2.57. The third-order valence-electron chi connectivity index (χ3n) is 2.03. The average molecular weight is 253 g/mol. The molecule has 0 unspecified atom stereocenters. The van der Waals surface area contributed by atoms with Gasteiger partial charge in [-0.25, -0.2) is 0 Å². The molecule has 0 aliphatic heterocycles. The van der Waals surface area contributed by atoms with Gasteiger partial charge in [-0.05, 0) is 18.6 Å². The Labute approximate surface area is 90.0 Å². The van der Waals surface area contributed by atoms with Crippen molar-refractivity contribution in [1.29, 1.82) is 0 Å². The van der Waals surface area contributed by atoms with Crippen LogP contribution < -0.4 is 5.73 Å². The molecule has 2 rings (SSSR count). The molecule has 0 aliphatic carbocycles. The van der Waals surface area contributed by atoms with Crippen molar-refractivity contribution in [2.24, 2.45) is 0 Å². The monoisotopic (exact) mass is 252 g/mol. The molecule has 1 aromatic carbocycles. The number of nitrogen functional groups attached to an aromatic ring is 1. The molecular weight excluding hydrogens is 244 g/mol. The van der Waals surface area contributed by atoms with Crippen LogP contribution in [-0.4, -0.2) is 5.16 Å². The molecule has 0 spiro atoms. The van der Waals surface area contributed by atoms with Crippen LogP contribution in [0.25, 0.3) is 11.3 Å². The lowest BCUT2D eigenvalue weighted by Crippen LogP contribution is -1.85. The van der Waals surface area contributed by atoms with Crippen LogP contribution in [0.3, 0.4) is 0 Å². The zero-order chi connectivity index (χ0) is 10.1. The van der Waals surface area contributed by atoms with E-state index in [9.17, 15) is 0 Å². The van der Waals surface area contributed by atoms with Gasteiger partial charge in [0.05, 0.1) is 6.20 Å². The van der Waals surface area contributed by atoms with Gasteiger partial charge in [-0.1, -0.05) is 33.2 Å². The molecule has 1 aromatic heterocycles. The van der Waals surface area contributed by atoms with E-state index in [0.29, 0.717) is 11.4 Å². The molecule has 0 saturated carbocycles. The third kappa shape index (κ3) is 1.53. The number of halogens is 1. The molecule has 2 aromatic rings. The number of hydrogen-bond donors (Lipinski definition) is 1. The first-order valence-electron chi connectivity index (χ1n) is 4.15. The number of nitrogens with zero attached hydrogens (tertiary/aromatic N) is 1. The second-order valence-corrected chi connectivity index (χ2v) is 3.93. The van der Waals surface area contributed by atoms with Crippen LogP contribution in [0.1, 0.15) is 5.56 Å². The minimum atomic E-state index is 0.556. The van der Waals surface area contributed by atoms with Crippen LogP contribution in [0.5, 0.6) is 0 Å². The summed E-state index contributed by atoms with van der Waals surface area (Å²) in [5.74, 6) is 0.616. The lowest BCUT2D eigenvalue weighted by molar-refractivity contribution is 0.432. The minimum absolute atomic E-state index is 0.556. The van der Waals surface area contributed by atoms with Gasteiger partial charge in [0.2, 0.25) is 0 Å². The Morgan fingerprint density at radius 2 is 2.21 bits per heavy atom. The smallest absolute Gasteiger partial charge is 0.189 e. The van der Waals surface area contributed by atoms with Gasteiger partial charge >= 0.3 is 0 Å². The highest BCUT2D eigenvalue weighted by Gasteiger charge is 2.08. The quantitative estimate of drug-likeness (QED) is 0.849. The third-order valence-corrected chi connectivity index (χ3v) is 2.89. The van der Waals surface area contributed by atoms with Gasteiger partial charge in [0.25, 0.3) is 0 Å². The molecule has 0 bridgehead atoms. The van der Waals surface area contributed by atoms with Crippen LogP contribution in [0, 0.1) is 6.92 Å². The van der Waals surface area contributed by atoms with E-state index in [1.165, 1.54) is 11.8 Å². The normalized spacial score (nSPS) is 10.4. The number of benzene rings is 1. The number of anilines is 1. The zero-order valence-corrected chi connectivity index (χ0v) is 9.21. The number of aryl methyl sites for hydroxylation is 1. The number of rotatable bonds is 1. The first-order chi connectivity index (χ1) is 6.68. The topological polar surface area (TPSA) is 52.0 Å². The first-order valence-corrected chi connectivity index (χ1v) is 4.94. The van der Waals surface area contributed by atoms with E-state index in [1.807, 2.05) is 25.1 Å². The van der Waals surface area contributed by atoms with E-state index in [1.54, 1.807) is 0 Å². The van der Waals surface area contributed by atoms with Crippen LogP contribution in [0.15, 0.2) is 33.4 Å².